The molecule has 1 aromatic carbocycles. The zero-order chi connectivity index (χ0) is 28.4. The Morgan fingerprint density at radius 3 is 2.46 bits per heavy atom. The van der Waals surface area contributed by atoms with Crippen LogP contribution in [-0.4, -0.2) is 56.6 Å². The van der Waals surface area contributed by atoms with E-state index < -0.39 is 29.4 Å². The van der Waals surface area contributed by atoms with Crippen LogP contribution in [0.5, 0.6) is 0 Å². The van der Waals surface area contributed by atoms with Gasteiger partial charge in [0.05, 0.1) is 36.9 Å². The Morgan fingerprint density at radius 1 is 1.05 bits per heavy atom. The van der Waals surface area contributed by atoms with E-state index in [4.69, 9.17) is 19.9 Å². The molecule has 3 aromatic heterocycles. The number of rotatable bonds is 9. The highest BCUT2D eigenvalue weighted by atomic mass is 19.1. The molecule has 0 atom stereocenters. The number of H-pyrrole nitrogens is 1. The molecule has 41 heavy (non-hydrogen) atoms. The number of hydrogen-bond acceptors (Lipinski definition) is 10. The Morgan fingerprint density at radius 2 is 1.78 bits per heavy atom. The number of carbonyl (C=O) groups excluding carboxylic acids is 2. The molecule has 1 aliphatic heterocycles. The molecule has 0 spiro atoms. The molecule has 1 amide bonds. The van der Waals surface area contributed by atoms with E-state index in [1.54, 1.807) is 48.9 Å². The first-order chi connectivity index (χ1) is 19.9. The normalized spacial score (nSPS) is 20.4. The van der Waals surface area contributed by atoms with Gasteiger partial charge in [-0.1, -0.05) is 0 Å². The number of anilines is 2. The predicted molar refractivity (Wildman–Crippen MR) is 142 cm³/mol. The zero-order valence-corrected chi connectivity index (χ0v) is 21.7. The van der Waals surface area contributed by atoms with Gasteiger partial charge in [0.15, 0.2) is 5.82 Å². The second-order valence-corrected chi connectivity index (χ2v) is 9.82. The number of amides is 1. The summed E-state index contributed by atoms with van der Waals surface area (Å²) in [5, 5.41) is 3.10. The molecule has 1 saturated carbocycles. The minimum absolute atomic E-state index is 0.0497. The number of hydrogen-bond donors (Lipinski definition) is 3. The summed E-state index contributed by atoms with van der Waals surface area (Å²) >= 11 is 0. The van der Waals surface area contributed by atoms with E-state index in [1.165, 1.54) is 12.1 Å². The number of aromatic nitrogens is 5. The van der Waals surface area contributed by atoms with Crippen molar-refractivity contribution in [2.45, 2.75) is 18.6 Å². The summed E-state index contributed by atoms with van der Waals surface area (Å²) in [6.07, 6.45) is 6.90. The molecule has 0 bridgehead atoms. The number of halogens is 1. The van der Waals surface area contributed by atoms with Crippen molar-refractivity contribution in [3.8, 4) is 22.6 Å². The van der Waals surface area contributed by atoms with Crippen LogP contribution in [0.25, 0.3) is 22.6 Å². The van der Waals surface area contributed by atoms with Crippen LogP contribution in [0.3, 0.4) is 0 Å². The first kappa shape index (κ1) is 26.5. The zero-order valence-electron chi connectivity index (χ0n) is 21.7. The molecule has 4 N–H and O–H groups in total. The van der Waals surface area contributed by atoms with Gasteiger partial charge in [-0.2, -0.15) is 0 Å². The van der Waals surface area contributed by atoms with E-state index in [9.17, 15) is 14.0 Å². The molecule has 6 rings (SSSR count). The Balaban J connectivity index is 1.34. The van der Waals surface area contributed by atoms with Gasteiger partial charge in [-0.25, -0.2) is 19.3 Å². The molecule has 0 radical (unpaired) electrons. The third kappa shape index (κ3) is 5.62. The van der Waals surface area contributed by atoms with Crippen molar-refractivity contribution in [3.05, 3.63) is 72.7 Å². The molecule has 0 unspecified atom stereocenters. The molecule has 4 heterocycles. The van der Waals surface area contributed by atoms with Gasteiger partial charge in [-0.15, -0.1) is 0 Å². The van der Waals surface area contributed by atoms with Crippen molar-refractivity contribution in [1.29, 1.82) is 0 Å². The maximum Gasteiger partial charge on any atom is 0.313 e. The minimum atomic E-state index is -2.11. The van der Waals surface area contributed by atoms with Gasteiger partial charge in [0, 0.05) is 29.8 Å². The molecule has 13 heteroatoms. The molecule has 12 nitrogen and oxygen atoms in total. The van der Waals surface area contributed by atoms with Crippen LogP contribution >= 0.6 is 0 Å². The fourth-order valence-electron chi connectivity index (χ4n) is 4.31. The summed E-state index contributed by atoms with van der Waals surface area (Å²) < 4.78 is 30.8. The van der Waals surface area contributed by atoms with Crippen molar-refractivity contribution in [2.75, 3.05) is 25.1 Å². The number of esters is 1. The maximum atomic E-state index is 13.8. The second kappa shape index (κ2) is 11.0. The molecule has 1 aliphatic carbocycles. The van der Waals surface area contributed by atoms with E-state index in [-0.39, 0.29) is 25.0 Å². The summed E-state index contributed by atoms with van der Waals surface area (Å²) in [6, 6.07) is 10.8. The van der Waals surface area contributed by atoms with Gasteiger partial charge in [-0.3, -0.25) is 14.6 Å². The highest BCUT2D eigenvalue weighted by molar-refractivity contribution is 5.85. The Labute approximate surface area is 233 Å². The van der Waals surface area contributed by atoms with Crippen molar-refractivity contribution in [2.24, 2.45) is 17.6 Å². The first-order valence-corrected chi connectivity index (χ1v) is 13.0. The number of nitrogens with two attached hydrogens (primary N) is 1. The number of ether oxygens (including phenoxy) is 3. The van der Waals surface area contributed by atoms with Gasteiger partial charge >= 0.3 is 11.8 Å². The number of carbonyl (C=O) groups is 2. The molecular formula is C28H26FN7O5. The predicted octanol–water partition coefficient (Wildman–Crippen LogP) is 3.07. The van der Waals surface area contributed by atoms with Crippen molar-refractivity contribution < 1.29 is 28.2 Å². The van der Waals surface area contributed by atoms with Crippen LogP contribution < -0.4 is 11.1 Å². The lowest BCUT2D eigenvalue weighted by atomic mass is 10.1. The number of benzene rings is 1. The monoisotopic (exact) mass is 559 g/mol. The molecule has 210 valence electrons. The smallest absolute Gasteiger partial charge is 0.313 e. The topological polar surface area (TPSA) is 167 Å². The summed E-state index contributed by atoms with van der Waals surface area (Å²) in [7, 11) is 0. The molecule has 2 aliphatic rings. The van der Waals surface area contributed by atoms with E-state index in [2.05, 4.69) is 30.2 Å². The Kier molecular flexibility index (Phi) is 7.12. The minimum Gasteiger partial charge on any atom is -0.465 e. The number of imidazole rings is 1. The lowest BCUT2D eigenvalue weighted by Crippen LogP contribution is -2.53. The van der Waals surface area contributed by atoms with Crippen LogP contribution in [0.1, 0.15) is 18.7 Å². The van der Waals surface area contributed by atoms with E-state index in [0.717, 1.165) is 18.5 Å². The average molecular weight is 560 g/mol. The summed E-state index contributed by atoms with van der Waals surface area (Å²) in [5.74, 6) is -4.04. The SMILES string of the molecule is NC(=O)C1(c2nc(-c3ccc(F)cc3)c(-c3ccnc(Nc4ccncc4)n3)[nH]2)OCC(C(=O)OCC2CC2)CO1. The molecule has 2 fully saturated rings. The van der Waals surface area contributed by atoms with E-state index >= 15 is 0 Å². The highest BCUT2D eigenvalue weighted by Gasteiger charge is 2.50. The van der Waals surface area contributed by atoms with Gasteiger partial charge in [-0.05, 0) is 61.2 Å². The van der Waals surface area contributed by atoms with Gasteiger partial charge in [0.2, 0.25) is 5.95 Å². The largest absolute Gasteiger partial charge is 0.465 e. The summed E-state index contributed by atoms with van der Waals surface area (Å²) in [5.41, 5.74) is 8.16. The lowest BCUT2D eigenvalue weighted by molar-refractivity contribution is -0.277. The number of nitrogens with zero attached hydrogens (tertiary/aromatic N) is 4. The lowest BCUT2D eigenvalue weighted by Gasteiger charge is -2.35. The highest BCUT2D eigenvalue weighted by Crippen LogP contribution is 2.37. The number of primary amides is 1. The van der Waals surface area contributed by atoms with Gasteiger partial charge in [0.25, 0.3) is 5.91 Å². The van der Waals surface area contributed by atoms with Gasteiger partial charge < -0.3 is 30.2 Å². The first-order valence-electron chi connectivity index (χ1n) is 13.0. The molecular weight excluding hydrogens is 533 g/mol. The number of nitrogens with one attached hydrogen (secondary N) is 2. The third-order valence-electron chi connectivity index (χ3n) is 6.77. The third-order valence-corrected chi connectivity index (χ3v) is 6.77. The van der Waals surface area contributed by atoms with Crippen LogP contribution in [0.2, 0.25) is 0 Å². The van der Waals surface area contributed by atoms with Crippen LogP contribution in [-0.2, 0) is 29.6 Å². The van der Waals surface area contributed by atoms with Crippen molar-refractivity contribution in [1.82, 2.24) is 24.9 Å². The second-order valence-electron chi connectivity index (χ2n) is 9.82. The molecule has 1 saturated heterocycles. The van der Waals surface area contributed by atoms with Crippen LogP contribution in [0.15, 0.2) is 61.1 Å². The fourth-order valence-corrected chi connectivity index (χ4v) is 4.31. The van der Waals surface area contributed by atoms with Crippen molar-refractivity contribution >= 4 is 23.5 Å². The number of pyridine rings is 1. The summed E-state index contributed by atoms with van der Waals surface area (Å²) in [4.78, 5) is 45.8. The van der Waals surface area contributed by atoms with Crippen LogP contribution in [0.4, 0.5) is 16.0 Å². The average Bonchev–Trinajstić information content (AvgIpc) is 3.72. The molecule has 4 aromatic rings. The van der Waals surface area contributed by atoms with Crippen molar-refractivity contribution in [3.63, 3.8) is 0 Å². The summed E-state index contributed by atoms with van der Waals surface area (Å²) in [6.45, 7) is 0.0273. The quantitative estimate of drug-likeness (QED) is 0.259. The van der Waals surface area contributed by atoms with E-state index in [1.807, 2.05) is 0 Å². The fraction of sp³-hybridized carbons (Fsp3) is 0.286. The maximum absolute atomic E-state index is 13.8. The standard InChI is InChI=1S/C28H26FN7O5/c29-19-5-3-17(4-6-19)22-23(21-9-12-32-27(34-21)33-20-7-10-31-11-8-20)36-26(35-22)28(25(30)38)40-14-18(15-41-28)24(37)39-13-16-1-2-16/h3-12,16,18H,1-2,13-15H2,(H2,30,38)(H,35,36)(H,31,32,33,34). The Hall–Kier alpha value is -4.75. The number of aromatic amines is 1. The Bertz CT molecular complexity index is 1550. The van der Waals surface area contributed by atoms with E-state index in [0.29, 0.717) is 35.2 Å². The van der Waals surface area contributed by atoms with Crippen LogP contribution in [0, 0.1) is 17.7 Å². The van der Waals surface area contributed by atoms with Gasteiger partial charge in [0.1, 0.15) is 11.7 Å².